The molecular formula is C23H34N2O3. The summed E-state index contributed by atoms with van der Waals surface area (Å²) in [5.41, 5.74) is 2.71. The monoisotopic (exact) mass is 386 g/mol. The van der Waals surface area contributed by atoms with Gasteiger partial charge in [-0.05, 0) is 43.0 Å². The molecule has 0 spiro atoms. The van der Waals surface area contributed by atoms with Crippen LogP contribution in [0.2, 0.25) is 0 Å². The molecule has 0 aromatic heterocycles. The largest absolute Gasteiger partial charge is 0.378 e. The topological polar surface area (TPSA) is 49.9 Å². The molecule has 3 rings (SSSR count). The molecule has 1 aromatic carbocycles. The second kappa shape index (κ2) is 8.24. The summed E-state index contributed by atoms with van der Waals surface area (Å²) >= 11 is 0. The van der Waals surface area contributed by atoms with Gasteiger partial charge in [-0.2, -0.15) is 0 Å². The lowest BCUT2D eigenvalue weighted by Gasteiger charge is -2.55. The van der Waals surface area contributed by atoms with E-state index in [1.54, 1.807) is 0 Å². The number of carbonyl (C=O) groups is 2. The molecule has 154 valence electrons. The SMILES string of the molecule is CCCCO[C@@H]1C[C@H](N(C)C(=O)c2ccc3c(c2)CCN3C(=O)CC)C1(C)C. The first-order chi connectivity index (χ1) is 13.3. The van der Waals surface area contributed by atoms with E-state index in [9.17, 15) is 9.59 Å². The minimum atomic E-state index is -0.0424. The summed E-state index contributed by atoms with van der Waals surface area (Å²) in [6.45, 7) is 9.94. The summed E-state index contributed by atoms with van der Waals surface area (Å²) in [5.74, 6) is 0.188. The Morgan fingerprint density at radius 3 is 2.68 bits per heavy atom. The molecular weight excluding hydrogens is 352 g/mol. The summed E-state index contributed by atoms with van der Waals surface area (Å²) in [7, 11) is 1.90. The molecule has 0 bridgehead atoms. The van der Waals surface area contributed by atoms with E-state index in [2.05, 4.69) is 20.8 Å². The Labute approximate surface area is 169 Å². The molecule has 1 heterocycles. The molecule has 2 amide bonds. The second-order valence-electron chi connectivity index (χ2n) is 8.69. The van der Waals surface area contributed by atoms with Crippen molar-refractivity contribution in [1.82, 2.24) is 4.90 Å². The van der Waals surface area contributed by atoms with Gasteiger partial charge in [-0.25, -0.2) is 0 Å². The number of ether oxygens (including phenoxy) is 1. The van der Waals surface area contributed by atoms with Crippen LogP contribution in [-0.4, -0.2) is 49.1 Å². The van der Waals surface area contributed by atoms with Gasteiger partial charge in [0, 0.05) is 49.3 Å². The summed E-state index contributed by atoms with van der Waals surface area (Å²) in [6.07, 6.45) is 4.64. The molecule has 28 heavy (non-hydrogen) atoms. The third-order valence-corrected chi connectivity index (χ3v) is 6.56. The molecule has 0 saturated heterocycles. The fraction of sp³-hybridized carbons (Fsp3) is 0.652. The van der Waals surface area contributed by atoms with Crippen LogP contribution in [0, 0.1) is 5.41 Å². The second-order valence-corrected chi connectivity index (χ2v) is 8.69. The number of nitrogens with zero attached hydrogens (tertiary/aromatic N) is 2. The highest BCUT2D eigenvalue weighted by molar-refractivity contribution is 5.98. The molecule has 0 radical (unpaired) electrons. The van der Waals surface area contributed by atoms with E-state index in [1.807, 2.05) is 42.0 Å². The van der Waals surface area contributed by atoms with E-state index in [0.29, 0.717) is 18.5 Å². The van der Waals surface area contributed by atoms with E-state index in [1.165, 1.54) is 0 Å². The molecule has 1 aromatic rings. The molecule has 2 aliphatic rings. The Hall–Kier alpha value is -1.88. The Balaban J connectivity index is 1.67. The quantitative estimate of drug-likeness (QED) is 0.665. The lowest BCUT2D eigenvalue weighted by molar-refractivity contribution is -0.140. The van der Waals surface area contributed by atoms with Crippen molar-refractivity contribution < 1.29 is 14.3 Å². The molecule has 2 atom stereocenters. The van der Waals surface area contributed by atoms with Crippen LogP contribution in [0.3, 0.4) is 0 Å². The molecule has 0 N–H and O–H groups in total. The molecule has 1 saturated carbocycles. The van der Waals surface area contributed by atoms with Gasteiger partial charge < -0.3 is 14.5 Å². The van der Waals surface area contributed by atoms with E-state index >= 15 is 0 Å². The number of carbonyl (C=O) groups excluding carboxylic acids is 2. The van der Waals surface area contributed by atoms with Gasteiger partial charge in [0.1, 0.15) is 0 Å². The van der Waals surface area contributed by atoms with Crippen molar-refractivity contribution in [2.75, 3.05) is 25.1 Å². The van der Waals surface area contributed by atoms with E-state index in [-0.39, 0.29) is 29.4 Å². The van der Waals surface area contributed by atoms with Gasteiger partial charge in [-0.15, -0.1) is 0 Å². The minimum absolute atomic E-state index is 0.0424. The van der Waals surface area contributed by atoms with Crippen LogP contribution in [-0.2, 0) is 16.0 Å². The predicted octanol–water partition coefficient (Wildman–Crippen LogP) is 4.04. The minimum Gasteiger partial charge on any atom is -0.378 e. The van der Waals surface area contributed by atoms with Crippen molar-refractivity contribution in [1.29, 1.82) is 0 Å². The Morgan fingerprint density at radius 1 is 1.29 bits per heavy atom. The fourth-order valence-electron chi connectivity index (χ4n) is 4.50. The fourth-order valence-corrected chi connectivity index (χ4v) is 4.50. The van der Waals surface area contributed by atoms with Gasteiger partial charge in [-0.1, -0.05) is 34.1 Å². The summed E-state index contributed by atoms with van der Waals surface area (Å²) in [4.78, 5) is 28.9. The third-order valence-electron chi connectivity index (χ3n) is 6.56. The van der Waals surface area contributed by atoms with Crippen molar-refractivity contribution in [3.8, 4) is 0 Å². The van der Waals surface area contributed by atoms with Crippen molar-refractivity contribution in [3.63, 3.8) is 0 Å². The van der Waals surface area contributed by atoms with Gasteiger partial charge >= 0.3 is 0 Å². The van der Waals surface area contributed by atoms with Gasteiger partial charge in [-0.3, -0.25) is 9.59 Å². The van der Waals surface area contributed by atoms with E-state index in [4.69, 9.17) is 4.74 Å². The molecule has 1 fully saturated rings. The molecule has 5 heteroatoms. The lowest BCUT2D eigenvalue weighted by Crippen LogP contribution is -2.62. The van der Waals surface area contributed by atoms with Crippen LogP contribution in [0.5, 0.6) is 0 Å². The number of fused-ring (bicyclic) bond motifs is 1. The Morgan fingerprint density at radius 2 is 2.04 bits per heavy atom. The molecule has 1 aliphatic carbocycles. The van der Waals surface area contributed by atoms with Crippen LogP contribution >= 0.6 is 0 Å². The first kappa shape index (κ1) is 20.8. The average molecular weight is 387 g/mol. The van der Waals surface area contributed by atoms with Crippen molar-refractivity contribution in [2.24, 2.45) is 5.41 Å². The lowest BCUT2D eigenvalue weighted by atomic mass is 9.63. The predicted molar refractivity (Wildman–Crippen MR) is 112 cm³/mol. The first-order valence-corrected chi connectivity index (χ1v) is 10.6. The van der Waals surface area contributed by atoms with E-state index in [0.717, 1.165) is 43.5 Å². The van der Waals surface area contributed by atoms with Gasteiger partial charge in [0.15, 0.2) is 0 Å². The zero-order valence-electron chi connectivity index (χ0n) is 18.0. The number of unbranched alkanes of at least 4 members (excludes halogenated alkanes) is 1. The zero-order valence-corrected chi connectivity index (χ0v) is 18.0. The molecule has 1 aliphatic heterocycles. The van der Waals surface area contributed by atoms with Crippen LogP contribution in [0.4, 0.5) is 5.69 Å². The summed E-state index contributed by atoms with van der Waals surface area (Å²) in [5, 5.41) is 0. The third kappa shape index (κ3) is 3.69. The van der Waals surface area contributed by atoms with Crippen LogP contribution < -0.4 is 4.90 Å². The van der Waals surface area contributed by atoms with Gasteiger partial charge in [0.2, 0.25) is 5.91 Å². The van der Waals surface area contributed by atoms with Crippen molar-refractivity contribution >= 4 is 17.5 Å². The van der Waals surface area contributed by atoms with Gasteiger partial charge in [0.25, 0.3) is 5.91 Å². The van der Waals surface area contributed by atoms with Crippen molar-refractivity contribution in [2.45, 2.75) is 71.9 Å². The average Bonchev–Trinajstić information content (AvgIpc) is 3.11. The maximum atomic E-state index is 13.1. The smallest absolute Gasteiger partial charge is 0.253 e. The first-order valence-electron chi connectivity index (χ1n) is 10.6. The highest BCUT2D eigenvalue weighted by Crippen LogP contribution is 2.46. The number of hydrogen-bond donors (Lipinski definition) is 0. The highest BCUT2D eigenvalue weighted by atomic mass is 16.5. The normalized spacial score (nSPS) is 22.5. The number of hydrogen-bond acceptors (Lipinski definition) is 3. The number of anilines is 1. The van der Waals surface area contributed by atoms with Crippen LogP contribution in [0.25, 0.3) is 0 Å². The maximum absolute atomic E-state index is 13.1. The standard InChI is InChI=1S/C23H34N2O3/c1-6-8-13-28-20-15-19(23(20,3)4)24(5)22(27)17-9-10-18-16(14-17)11-12-25(18)21(26)7-2/h9-10,14,19-20H,6-8,11-13,15H2,1-5H3/t19-,20+/m0/s1. The van der Waals surface area contributed by atoms with Crippen LogP contribution in [0.15, 0.2) is 18.2 Å². The van der Waals surface area contributed by atoms with Gasteiger partial charge in [0.05, 0.1) is 6.10 Å². The maximum Gasteiger partial charge on any atom is 0.253 e. The molecule has 0 unspecified atom stereocenters. The number of benzene rings is 1. The number of amides is 2. The molecule has 5 nitrogen and oxygen atoms in total. The van der Waals surface area contributed by atoms with Crippen LogP contribution in [0.1, 0.15) is 69.3 Å². The van der Waals surface area contributed by atoms with E-state index < -0.39 is 0 Å². The zero-order chi connectivity index (χ0) is 20.5. The Kier molecular flexibility index (Phi) is 6.13. The van der Waals surface area contributed by atoms with Crippen molar-refractivity contribution in [3.05, 3.63) is 29.3 Å². The summed E-state index contributed by atoms with van der Waals surface area (Å²) in [6, 6.07) is 5.94. The number of rotatable bonds is 7. The summed E-state index contributed by atoms with van der Waals surface area (Å²) < 4.78 is 6.03. The highest BCUT2D eigenvalue weighted by Gasteiger charge is 2.52. The Bertz CT molecular complexity index is 743.